The molecule has 21 heavy (non-hydrogen) atoms. The highest BCUT2D eigenvalue weighted by Crippen LogP contribution is 2.40. The van der Waals surface area contributed by atoms with E-state index < -0.39 is 22.7 Å². The number of phenolic OH excluding ortho intramolecular Hbond substituents is 4. The van der Waals surface area contributed by atoms with Crippen LogP contribution in [0.3, 0.4) is 0 Å². The Morgan fingerprint density at radius 2 is 1.57 bits per heavy atom. The van der Waals surface area contributed by atoms with E-state index >= 15 is 0 Å². The molecule has 6 heteroatoms. The summed E-state index contributed by atoms with van der Waals surface area (Å²) in [5.74, 6) is -2.05. The van der Waals surface area contributed by atoms with Crippen LogP contribution < -0.4 is 5.43 Å². The number of benzene rings is 2. The molecule has 0 amide bonds. The average molecular weight is 286 g/mol. The molecular weight excluding hydrogens is 276 g/mol. The Kier molecular flexibility index (Phi) is 2.72. The van der Waals surface area contributed by atoms with Crippen LogP contribution in [0.15, 0.2) is 45.8 Å². The maximum atomic E-state index is 12.4. The third-order valence-corrected chi connectivity index (χ3v) is 3.17. The van der Waals surface area contributed by atoms with Crippen LogP contribution in [0.2, 0.25) is 0 Å². The second-order valence-electron chi connectivity index (χ2n) is 4.49. The zero-order valence-corrected chi connectivity index (χ0v) is 10.6. The number of rotatable bonds is 1. The van der Waals surface area contributed by atoms with E-state index in [-0.39, 0.29) is 22.3 Å². The lowest BCUT2D eigenvalue weighted by molar-refractivity contribution is 0.370. The van der Waals surface area contributed by atoms with Crippen molar-refractivity contribution in [3.05, 3.63) is 46.8 Å². The van der Waals surface area contributed by atoms with Gasteiger partial charge in [-0.3, -0.25) is 4.79 Å². The Morgan fingerprint density at radius 1 is 0.905 bits per heavy atom. The summed E-state index contributed by atoms with van der Waals surface area (Å²) < 4.78 is 5.23. The van der Waals surface area contributed by atoms with Crippen molar-refractivity contribution in [1.82, 2.24) is 0 Å². The molecular formula is C15H10O6. The van der Waals surface area contributed by atoms with Crippen LogP contribution in [-0.4, -0.2) is 20.4 Å². The number of phenols is 4. The summed E-state index contributed by atoms with van der Waals surface area (Å²) in [7, 11) is 0. The molecule has 3 aromatic rings. The van der Waals surface area contributed by atoms with Gasteiger partial charge in [0.1, 0.15) is 23.0 Å². The number of fused-ring (bicyclic) bond motifs is 1. The van der Waals surface area contributed by atoms with Gasteiger partial charge >= 0.3 is 0 Å². The highest BCUT2D eigenvalue weighted by atomic mass is 16.3. The van der Waals surface area contributed by atoms with Crippen LogP contribution >= 0.6 is 0 Å². The molecule has 0 spiro atoms. The van der Waals surface area contributed by atoms with Gasteiger partial charge in [0.2, 0.25) is 11.2 Å². The molecule has 0 fully saturated rings. The van der Waals surface area contributed by atoms with Crippen LogP contribution in [0.4, 0.5) is 0 Å². The molecule has 1 aromatic heterocycles. The van der Waals surface area contributed by atoms with Gasteiger partial charge in [0.05, 0.1) is 5.56 Å². The average Bonchev–Trinajstić information content (AvgIpc) is 2.46. The molecule has 1 heterocycles. The first-order valence-corrected chi connectivity index (χ1v) is 5.98. The first kappa shape index (κ1) is 12.9. The first-order chi connectivity index (χ1) is 9.99. The lowest BCUT2D eigenvalue weighted by Crippen LogP contribution is -2.05. The standard InChI is InChI=1S/C15H10O6/c16-8-3-1-7(2-4-8)9-6-21-11-5-10(17)14(19)15(20)12(11)13(9)18/h1-6,16-17,19-20H. The van der Waals surface area contributed by atoms with Crippen molar-refractivity contribution in [1.29, 1.82) is 0 Å². The molecule has 0 aliphatic rings. The number of hydrogen-bond donors (Lipinski definition) is 4. The fourth-order valence-electron chi connectivity index (χ4n) is 2.08. The minimum atomic E-state index is -0.780. The Labute approximate surface area is 117 Å². The first-order valence-electron chi connectivity index (χ1n) is 5.98. The molecule has 0 aliphatic heterocycles. The van der Waals surface area contributed by atoms with Gasteiger partial charge in [-0.15, -0.1) is 0 Å². The van der Waals surface area contributed by atoms with E-state index in [9.17, 15) is 25.2 Å². The molecule has 0 bridgehead atoms. The molecule has 0 radical (unpaired) electrons. The van der Waals surface area contributed by atoms with Crippen molar-refractivity contribution in [3.8, 4) is 34.1 Å². The van der Waals surface area contributed by atoms with Crippen LogP contribution in [-0.2, 0) is 0 Å². The van der Waals surface area contributed by atoms with E-state index in [0.29, 0.717) is 5.56 Å². The highest BCUT2D eigenvalue weighted by Gasteiger charge is 2.18. The molecule has 0 unspecified atom stereocenters. The summed E-state index contributed by atoms with van der Waals surface area (Å²) in [6.45, 7) is 0. The van der Waals surface area contributed by atoms with Crippen LogP contribution in [0.25, 0.3) is 22.1 Å². The summed E-state index contributed by atoms with van der Waals surface area (Å²) in [4.78, 5) is 12.4. The quantitative estimate of drug-likeness (QED) is 0.511. The Hall–Kier alpha value is -3.15. The smallest absolute Gasteiger partial charge is 0.204 e. The maximum Gasteiger partial charge on any atom is 0.204 e. The van der Waals surface area contributed by atoms with E-state index in [2.05, 4.69) is 0 Å². The van der Waals surface area contributed by atoms with Crippen molar-refractivity contribution >= 4 is 11.0 Å². The van der Waals surface area contributed by atoms with E-state index in [4.69, 9.17) is 4.42 Å². The van der Waals surface area contributed by atoms with E-state index in [1.165, 1.54) is 30.5 Å². The molecule has 0 aliphatic carbocycles. The highest BCUT2D eigenvalue weighted by molar-refractivity contribution is 5.90. The zero-order valence-electron chi connectivity index (χ0n) is 10.6. The number of aromatic hydroxyl groups is 4. The minimum absolute atomic E-state index is 0.0460. The van der Waals surface area contributed by atoms with Gasteiger partial charge in [-0.2, -0.15) is 0 Å². The van der Waals surface area contributed by atoms with Crippen molar-refractivity contribution < 1.29 is 24.8 Å². The molecule has 0 atom stereocenters. The summed E-state index contributed by atoms with van der Waals surface area (Å²) >= 11 is 0. The summed E-state index contributed by atoms with van der Waals surface area (Å²) in [5.41, 5.74) is 0.0309. The lowest BCUT2D eigenvalue weighted by Gasteiger charge is -2.06. The predicted molar refractivity (Wildman–Crippen MR) is 74.6 cm³/mol. The van der Waals surface area contributed by atoms with Crippen LogP contribution in [0.1, 0.15) is 0 Å². The van der Waals surface area contributed by atoms with Crippen molar-refractivity contribution in [2.24, 2.45) is 0 Å². The van der Waals surface area contributed by atoms with E-state index in [1.807, 2.05) is 0 Å². The SMILES string of the molecule is O=c1c(-c2ccc(O)cc2)coc2cc(O)c(O)c(O)c12. The predicted octanol–water partition coefficient (Wildman–Crippen LogP) is 2.28. The Morgan fingerprint density at radius 3 is 2.24 bits per heavy atom. The zero-order chi connectivity index (χ0) is 15.1. The Bertz CT molecular complexity index is 893. The second kappa shape index (κ2) is 4.45. The third kappa shape index (κ3) is 1.93. The minimum Gasteiger partial charge on any atom is -0.508 e. The monoisotopic (exact) mass is 286 g/mol. The lowest BCUT2D eigenvalue weighted by atomic mass is 10.0. The van der Waals surface area contributed by atoms with Crippen LogP contribution in [0.5, 0.6) is 23.0 Å². The summed E-state index contributed by atoms with van der Waals surface area (Å²) in [6, 6.07) is 6.90. The summed E-state index contributed by atoms with van der Waals surface area (Å²) in [6.07, 6.45) is 1.19. The van der Waals surface area contributed by atoms with Gasteiger partial charge in [0, 0.05) is 6.07 Å². The third-order valence-electron chi connectivity index (χ3n) is 3.17. The molecule has 2 aromatic carbocycles. The number of hydrogen-bond acceptors (Lipinski definition) is 6. The van der Waals surface area contributed by atoms with E-state index in [0.717, 1.165) is 6.07 Å². The normalized spacial score (nSPS) is 10.9. The Balaban J connectivity index is 2.35. The van der Waals surface area contributed by atoms with Gasteiger partial charge in [-0.05, 0) is 17.7 Å². The van der Waals surface area contributed by atoms with Gasteiger partial charge in [0.25, 0.3) is 0 Å². The van der Waals surface area contributed by atoms with Crippen molar-refractivity contribution in [3.63, 3.8) is 0 Å². The van der Waals surface area contributed by atoms with Crippen molar-refractivity contribution in [2.45, 2.75) is 0 Å². The molecule has 6 nitrogen and oxygen atoms in total. The second-order valence-corrected chi connectivity index (χ2v) is 4.49. The van der Waals surface area contributed by atoms with E-state index in [1.54, 1.807) is 0 Å². The largest absolute Gasteiger partial charge is 0.508 e. The fraction of sp³-hybridized carbons (Fsp3) is 0. The summed E-state index contributed by atoms with van der Waals surface area (Å²) in [5, 5.41) is 37.8. The molecule has 3 rings (SSSR count). The van der Waals surface area contributed by atoms with Crippen LogP contribution in [0, 0.1) is 0 Å². The maximum absolute atomic E-state index is 12.4. The van der Waals surface area contributed by atoms with Gasteiger partial charge in [0.15, 0.2) is 11.5 Å². The van der Waals surface area contributed by atoms with Gasteiger partial charge in [-0.1, -0.05) is 12.1 Å². The topological polar surface area (TPSA) is 111 Å². The molecule has 4 N–H and O–H groups in total. The fourth-order valence-corrected chi connectivity index (χ4v) is 2.08. The molecule has 0 saturated heterocycles. The van der Waals surface area contributed by atoms with Gasteiger partial charge < -0.3 is 24.8 Å². The molecule has 0 saturated carbocycles. The van der Waals surface area contributed by atoms with Gasteiger partial charge in [-0.25, -0.2) is 0 Å². The van der Waals surface area contributed by atoms with Crippen molar-refractivity contribution in [2.75, 3.05) is 0 Å². The molecule has 106 valence electrons.